The van der Waals surface area contributed by atoms with Crippen LogP contribution in [0.5, 0.6) is 0 Å². The first-order chi connectivity index (χ1) is 15.6. The van der Waals surface area contributed by atoms with E-state index in [1.54, 1.807) is 12.1 Å². The Morgan fingerprint density at radius 1 is 1.21 bits per heavy atom. The molecular formula is C30H40FNO. The standard InChI is InChI=1S/C30H40FNO/c1-22(15-16-28-25(4)24(3)17-18-30(28,5)6)10-7-11-23(2)20-29(33)32-19-9-13-26-12-8-14-27(31)21-26/h7-8,10-12,14-16,20-21,24H,9,13,17-19H2,1-6H3,(H,32,33)/b11-7+,16-15+,22-10+,23-20-. The Morgan fingerprint density at radius 3 is 2.70 bits per heavy atom. The highest BCUT2D eigenvalue weighted by molar-refractivity contribution is 5.88. The summed E-state index contributed by atoms with van der Waals surface area (Å²) in [6.45, 7) is 13.8. The number of carbonyl (C=O) groups excluding carboxylic acids is 1. The van der Waals surface area contributed by atoms with Crippen molar-refractivity contribution in [2.24, 2.45) is 11.3 Å². The summed E-state index contributed by atoms with van der Waals surface area (Å²) in [7, 11) is 0. The van der Waals surface area contributed by atoms with Gasteiger partial charge in [-0.25, -0.2) is 4.39 Å². The van der Waals surface area contributed by atoms with Crippen LogP contribution >= 0.6 is 0 Å². The largest absolute Gasteiger partial charge is 0.353 e. The van der Waals surface area contributed by atoms with Gasteiger partial charge in [0.15, 0.2) is 0 Å². The molecule has 0 saturated carbocycles. The summed E-state index contributed by atoms with van der Waals surface area (Å²) in [6.07, 6.45) is 16.1. The Kier molecular flexibility index (Phi) is 10.1. The number of allylic oxidation sites excluding steroid dienone is 9. The highest BCUT2D eigenvalue weighted by Gasteiger charge is 2.29. The molecule has 1 aromatic carbocycles. The maximum Gasteiger partial charge on any atom is 0.244 e. The number of hydrogen-bond donors (Lipinski definition) is 1. The average Bonchev–Trinajstić information content (AvgIpc) is 2.74. The van der Waals surface area contributed by atoms with Gasteiger partial charge in [-0.15, -0.1) is 0 Å². The van der Waals surface area contributed by atoms with E-state index in [9.17, 15) is 9.18 Å². The zero-order valence-corrected chi connectivity index (χ0v) is 21.2. The summed E-state index contributed by atoms with van der Waals surface area (Å²) in [5.74, 6) is 0.330. The smallest absolute Gasteiger partial charge is 0.244 e. The summed E-state index contributed by atoms with van der Waals surface area (Å²) >= 11 is 0. The van der Waals surface area contributed by atoms with E-state index in [-0.39, 0.29) is 17.1 Å². The highest BCUT2D eigenvalue weighted by atomic mass is 19.1. The van der Waals surface area contributed by atoms with Gasteiger partial charge in [0.25, 0.3) is 0 Å². The molecule has 2 rings (SSSR count). The van der Waals surface area contributed by atoms with Crippen LogP contribution in [0, 0.1) is 17.2 Å². The number of rotatable bonds is 9. The Labute approximate surface area is 200 Å². The maximum absolute atomic E-state index is 13.2. The van der Waals surface area contributed by atoms with Crippen LogP contribution in [-0.2, 0) is 11.2 Å². The molecule has 1 aliphatic carbocycles. The van der Waals surface area contributed by atoms with Crippen LogP contribution in [0.4, 0.5) is 4.39 Å². The lowest BCUT2D eigenvalue weighted by Gasteiger charge is -2.36. The molecule has 1 unspecified atom stereocenters. The minimum Gasteiger partial charge on any atom is -0.353 e. The van der Waals surface area contributed by atoms with Gasteiger partial charge in [-0.3, -0.25) is 4.79 Å². The summed E-state index contributed by atoms with van der Waals surface area (Å²) in [6, 6.07) is 6.59. The van der Waals surface area contributed by atoms with Crippen molar-refractivity contribution in [2.75, 3.05) is 6.54 Å². The first-order valence-corrected chi connectivity index (χ1v) is 12.0. The molecule has 33 heavy (non-hydrogen) atoms. The second-order valence-electron chi connectivity index (χ2n) is 9.94. The third kappa shape index (κ3) is 9.00. The molecule has 0 radical (unpaired) electrons. The third-order valence-electron chi connectivity index (χ3n) is 6.52. The van der Waals surface area contributed by atoms with Gasteiger partial charge in [0.05, 0.1) is 0 Å². The third-order valence-corrected chi connectivity index (χ3v) is 6.52. The van der Waals surface area contributed by atoms with Crippen LogP contribution in [0.15, 0.2) is 83.0 Å². The van der Waals surface area contributed by atoms with Crippen molar-refractivity contribution in [1.82, 2.24) is 5.32 Å². The maximum atomic E-state index is 13.2. The Balaban J connectivity index is 1.83. The molecule has 1 aromatic rings. The molecule has 3 heteroatoms. The van der Waals surface area contributed by atoms with Gasteiger partial charge in [-0.05, 0) is 86.6 Å². The lowest BCUT2D eigenvalue weighted by atomic mass is 9.69. The minimum absolute atomic E-state index is 0.104. The highest BCUT2D eigenvalue weighted by Crippen LogP contribution is 2.43. The van der Waals surface area contributed by atoms with Gasteiger partial charge in [0.1, 0.15) is 5.82 Å². The quantitative estimate of drug-likeness (QED) is 0.234. The van der Waals surface area contributed by atoms with Crippen LogP contribution in [-0.4, -0.2) is 12.5 Å². The van der Waals surface area contributed by atoms with E-state index < -0.39 is 0 Å². The Bertz CT molecular complexity index is 975. The molecule has 1 atom stereocenters. The number of benzene rings is 1. The van der Waals surface area contributed by atoms with Gasteiger partial charge in [0.2, 0.25) is 5.91 Å². The van der Waals surface area contributed by atoms with Gasteiger partial charge >= 0.3 is 0 Å². The predicted octanol–water partition coefficient (Wildman–Crippen LogP) is 7.65. The fraction of sp³-hybridized carbons (Fsp3) is 0.433. The van der Waals surface area contributed by atoms with Crippen molar-refractivity contribution in [2.45, 2.75) is 67.2 Å². The molecule has 1 amide bonds. The zero-order valence-electron chi connectivity index (χ0n) is 21.2. The van der Waals surface area contributed by atoms with Crippen LogP contribution in [0.1, 0.15) is 66.4 Å². The number of carbonyl (C=O) groups is 1. The molecule has 2 nitrogen and oxygen atoms in total. The molecule has 0 aliphatic heterocycles. The van der Waals surface area contributed by atoms with E-state index in [1.165, 1.54) is 41.7 Å². The van der Waals surface area contributed by atoms with E-state index in [1.807, 2.05) is 25.1 Å². The lowest BCUT2D eigenvalue weighted by Crippen LogP contribution is -2.23. The number of aryl methyl sites for hydroxylation is 1. The minimum atomic E-state index is -0.221. The van der Waals surface area contributed by atoms with Crippen molar-refractivity contribution in [3.05, 3.63) is 94.4 Å². The second-order valence-corrected chi connectivity index (χ2v) is 9.94. The SMILES string of the molecule is CC1=C(/C=C/C(C)=C/C=C/C(C)=C\C(=O)NCCCc2cccc(F)c2)C(C)(C)CCC1C. The molecule has 0 bridgehead atoms. The normalized spacial score (nSPS) is 19.5. The van der Waals surface area contributed by atoms with Crippen molar-refractivity contribution in [1.29, 1.82) is 0 Å². The van der Waals surface area contributed by atoms with Gasteiger partial charge in [0, 0.05) is 12.6 Å². The fourth-order valence-electron chi connectivity index (χ4n) is 4.21. The fourth-order valence-corrected chi connectivity index (χ4v) is 4.21. The van der Waals surface area contributed by atoms with Gasteiger partial charge in [-0.2, -0.15) is 0 Å². The van der Waals surface area contributed by atoms with Crippen molar-refractivity contribution in [3.63, 3.8) is 0 Å². The topological polar surface area (TPSA) is 29.1 Å². The summed E-state index contributed by atoms with van der Waals surface area (Å²) in [5, 5.41) is 2.89. The first-order valence-electron chi connectivity index (χ1n) is 12.0. The van der Waals surface area contributed by atoms with Crippen LogP contribution in [0.3, 0.4) is 0 Å². The molecule has 0 spiro atoms. The van der Waals surface area contributed by atoms with E-state index in [0.29, 0.717) is 12.5 Å². The molecule has 0 heterocycles. The molecule has 0 aromatic heterocycles. The van der Waals surface area contributed by atoms with E-state index in [2.05, 4.69) is 58.2 Å². The van der Waals surface area contributed by atoms with E-state index in [4.69, 9.17) is 0 Å². The molecule has 0 fully saturated rings. The van der Waals surface area contributed by atoms with Crippen LogP contribution < -0.4 is 5.32 Å². The van der Waals surface area contributed by atoms with Crippen molar-refractivity contribution in [3.8, 4) is 0 Å². The predicted molar refractivity (Wildman–Crippen MR) is 138 cm³/mol. The van der Waals surface area contributed by atoms with Crippen LogP contribution in [0.2, 0.25) is 0 Å². The van der Waals surface area contributed by atoms with Gasteiger partial charge in [-0.1, -0.05) is 74.4 Å². The average molecular weight is 450 g/mol. The number of halogens is 1. The summed E-state index contributed by atoms with van der Waals surface area (Å²) < 4.78 is 13.2. The number of hydrogen-bond acceptors (Lipinski definition) is 1. The summed E-state index contributed by atoms with van der Waals surface area (Å²) in [5.41, 5.74) is 6.21. The molecule has 1 N–H and O–H groups in total. The zero-order chi connectivity index (χ0) is 24.4. The Morgan fingerprint density at radius 2 is 1.97 bits per heavy atom. The van der Waals surface area contributed by atoms with E-state index in [0.717, 1.165) is 24.0 Å². The molecule has 0 saturated heterocycles. The molecule has 1 aliphatic rings. The lowest BCUT2D eigenvalue weighted by molar-refractivity contribution is -0.116. The summed E-state index contributed by atoms with van der Waals surface area (Å²) in [4.78, 5) is 12.1. The Hall–Kier alpha value is -2.68. The number of amides is 1. The van der Waals surface area contributed by atoms with Gasteiger partial charge < -0.3 is 5.32 Å². The first kappa shape index (κ1) is 26.6. The van der Waals surface area contributed by atoms with E-state index >= 15 is 0 Å². The molecular weight excluding hydrogens is 409 g/mol. The van der Waals surface area contributed by atoms with Crippen molar-refractivity contribution < 1.29 is 9.18 Å². The monoisotopic (exact) mass is 449 g/mol. The van der Waals surface area contributed by atoms with Crippen molar-refractivity contribution >= 4 is 5.91 Å². The van der Waals surface area contributed by atoms with Crippen LogP contribution in [0.25, 0.3) is 0 Å². The molecule has 178 valence electrons. The number of nitrogens with one attached hydrogen (secondary N) is 1. The second kappa shape index (κ2) is 12.5.